The number of amides is 1. The Morgan fingerprint density at radius 1 is 1.17 bits per heavy atom. The fourth-order valence-electron chi connectivity index (χ4n) is 3.10. The number of methoxy groups -OCH3 is 1. The number of aromatic nitrogens is 2. The largest absolute Gasteiger partial charge is 0.495 e. The number of fused-ring (bicyclic) bond motifs is 2. The lowest BCUT2D eigenvalue weighted by Gasteiger charge is -2.29. The summed E-state index contributed by atoms with van der Waals surface area (Å²) in [6, 6.07) is 11.0. The maximum atomic E-state index is 12.6. The number of benzene rings is 1. The summed E-state index contributed by atoms with van der Waals surface area (Å²) in [4.78, 5) is 30.0. The summed E-state index contributed by atoms with van der Waals surface area (Å²) in [6.07, 6.45) is 2.66. The van der Waals surface area contributed by atoms with Crippen LogP contribution < -0.4 is 9.64 Å². The van der Waals surface area contributed by atoms with Gasteiger partial charge in [-0.05, 0) is 35.4 Å². The van der Waals surface area contributed by atoms with Gasteiger partial charge in [0.1, 0.15) is 11.4 Å². The summed E-state index contributed by atoms with van der Waals surface area (Å²) < 4.78 is 6.99. The number of para-hydroxylation sites is 1. The average molecular weight is 322 g/mol. The normalized spacial score (nSPS) is 13.9. The molecule has 2 aromatic heterocycles. The fourth-order valence-corrected chi connectivity index (χ4v) is 3.10. The molecule has 7 heteroatoms. The van der Waals surface area contributed by atoms with E-state index in [2.05, 4.69) is 10.2 Å². The molecule has 0 saturated heterocycles. The molecule has 0 aliphatic carbocycles. The van der Waals surface area contributed by atoms with Crippen LogP contribution in [0.25, 0.3) is 5.65 Å². The van der Waals surface area contributed by atoms with E-state index in [9.17, 15) is 9.70 Å². The predicted octanol–water partition coefficient (Wildman–Crippen LogP) is 3.35. The number of anilines is 2. The first kappa shape index (κ1) is 14.4. The Hall–Kier alpha value is -3.22. The molecule has 120 valence electrons. The molecule has 0 saturated carbocycles. The quantitative estimate of drug-likeness (QED) is 0.693. The van der Waals surface area contributed by atoms with E-state index in [0.717, 1.165) is 5.56 Å². The van der Waals surface area contributed by atoms with Crippen LogP contribution in [0.3, 0.4) is 0 Å². The van der Waals surface area contributed by atoms with Gasteiger partial charge < -0.3 is 4.74 Å². The highest BCUT2D eigenvalue weighted by Gasteiger charge is 2.33. The first-order valence-electron chi connectivity index (χ1n) is 7.54. The minimum Gasteiger partial charge on any atom is -0.495 e. The Balaban J connectivity index is 2.01. The van der Waals surface area contributed by atoms with Crippen molar-refractivity contribution in [3.05, 3.63) is 53.1 Å². The van der Waals surface area contributed by atoms with Crippen molar-refractivity contribution in [3.63, 3.8) is 0 Å². The summed E-state index contributed by atoms with van der Waals surface area (Å²) in [5.74, 6) is 0.749. The molecule has 1 aliphatic rings. The van der Waals surface area contributed by atoms with Gasteiger partial charge in [0.15, 0.2) is 5.82 Å². The molecule has 3 heterocycles. The van der Waals surface area contributed by atoms with Gasteiger partial charge in [-0.1, -0.05) is 18.2 Å². The number of aryl methyl sites for hydroxylation is 1. The Bertz CT molecular complexity index is 949. The van der Waals surface area contributed by atoms with Gasteiger partial charge in [-0.15, -0.1) is 4.91 Å². The number of imidazole rings is 1. The second-order valence-corrected chi connectivity index (χ2v) is 5.48. The molecule has 0 radical (unpaired) electrons. The molecule has 0 bridgehead atoms. The molecule has 24 heavy (non-hydrogen) atoms. The van der Waals surface area contributed by atoms with E-state index < -0.39 is 0 Å². The highest BCUT2D eigenvalue weighted by molar-refractivity contribution is 6.05. The average Bonchev–Trinajstić information content (AvgIpc) is 2.99. The smallest absolute Gasteiger partial charge is 0.233 e. The van der Waals surface area contributed by atoms with Gasteiger partial charge in [-0.2, -0.15) is 0 Å². The van der Waals surface area contributed by atoms with E-state index in [4.69, 9.17) is 4.74 Å². The predicted molar refractivity (Wildman–Crippen MR) is 89.1 cm³/mol. The lowest BCUT2D eigenvalue weighted by atomic mass is 10.0. The van der Waals surface area contributed by atoms with Crippen molar-refractivity contribution in [3.8, 4) is 5.75 Å². The van der Waals surface area contributed by atoms with Crippen LogP contribution >= 0.6 is 0 Å². The molecule has 0 N–H and O–H groups in total. The highest BCUT2D eigenvalue weighted by Crippen LogP contribution is 2.43. The van der Waals surface area contributed by atoms with E-state index in [1.165, 1.54) is 4.90 Å². The zero-order valence-electron chi connectivity index (χ0n) is 13.0. The molecule has 7 nitrogen and oxygen atoms in total. The Kier molecular flexibility index (Phi) is 3.26. The third kappa shape index (κ3) is 1.98. The van der Waals surface area contributed by atoms with Crippen LogP contribution in [0.1, 0.15) is 12.0 Å². The van der Waals surface area contributed by atoms with Crippen molar-refractivity contribution < 1.29 is 9.53 Å². The van der Waals surface area contributed by atoms with Crippen LogP contribution in [0, 0.1) is 4.91 Å². The molecular weight excluding hydrogens is 308 g/mol. The van der Waals surface area contributed by atoms with E-state index in [-0.39, 0.29) is 17.5 Å². The first-order chi connectivity index (χ1) is 11.7. The van der Waals surface area contributed by atoms with Crippen LogP contribution in [0.15, 0.2) is 47.8 Å². The van der Waals surface area contributed by atoms with Crippen molar-refractivity contribution in [2.24, 2.45) is 5.18 Å². The maximum absolute atomic E-state index is 12.6. The van der Waals surface area contributed by atoms with Gasteiger partial charge in [0.05, 0.1) is 12.8 Å². The number of hydrogen-bond donors (Lipinski definition) is 0. The number of carbonyl (C=O) groups is 1. The minimum absolute atomic E-state index is 0.0951. The molecule has 1 aliphatic heterocycles. The highest BCUT2D eigenvalue weighted by atomic mass is 16.5. The van der Waals surface area contributed by atoms with Gasteiger partial charge in [-0.25, -0.2) is 4.98 Å². The molecule has 0 fully saturated rings. The molecule has 0 atom stereocenters. The zero-order chi connectivity index (χ0) is 16.7. The summed E-state index contributed by atoms with van der Waals surface area (Å²) in [5, 5.41) is 3.11. The Morgan fingerprint density at radius 2 is 2.04 bits per heavy atom. The van der Waals surface area contributed by atoms with E-state index >= 15 is 0 Å². The topological polar surface area (TPSA) is 76.3 Å². The molecule has 1 aromatic carbocycles. The summed E-state index contributed by atoms with van der Waals surface area (Å²) in [5.41, 5.74) is 2.16. The molecule has 0 spiro atoms. The number of nitroso groups, excluding NO2 is 1. The van der Waals surface area contributed by atoms with Gasteiger partial charge in [0.2, 0.25) is 11.7 Å². The number of ether oxygens (including phenoxy) is 1. The fraction of sp³-hybridized carbons (Fsp3) is 0.176. The van der Waals surface area contributed by atoms with E-state index in [1.807, 2.05) is 18.2 Å². The van der Waals surface area contributed by atoms with Gasteiger partial charge >= 0.3 is 0 Å². The van der Waals surface area contributed by atoms with Crippen molar-refractivity contribution in [2.45, 2.75) is 12.8 Å². The van der Waals surface area contributed by atoms with Gasteiger partial charge in [0, 0.05) is 12.6 Å². The van der Waals surface area contributed by atoms with Crippen molar-refractivity contribution in [1.82, 2.24) is 9.38 Å². The van der Waals surface area contributed by atoms with E-state index in [0.29, 0.717) is 29.9 Å². The van der Waals surface area contributed by atoms with Crippen molar-refractivity contribution >= 4 is 28.9 Å². The van der Waals surface area contributed by atoms with Crippen LogP contribution in [-0.4, -0.2) is 22.4 Å². The molecule has 1 amide bonds. The number of carbonyl (C=O) groups excluding carboxylic acids is 1. The standard InChI is InChI=1S/C17H14N4O3/c1-24-12-6-4-5-11-8-9-14(22)21(15(11)12)16-17(19-23)20-10-3-2-7-13(20)18-16/h2-7,10H,8-9H2,1H3. The van der Waals surface area contributed by atoms with Gasteiger partial charge in [0.25, 0.3) is 0 Å². The third-order valence-corrected chi connectivity index (χ3v) is 4.17. The molecular formula is C17H14N4O3. The molecule has 4 rings (SSSR count). The minimum atomic E-state index is -0.139. The maximum Gasteiger partial charge on any atom is 0.233 e. The third-order valence-electron chi connectivity index (χ3n) is 4.17. The lowest BCUT2D eigenvalue weighted by molar-refractivity contribution is -0.118. The second-order valence-electron chi connectivity index (χ2n) is 5.48. The number of hydrogen-bond acceptors (Lipinski definition) is 5. The van der Waals surface area contributed by atoms with Crippen LogP contribution in [0.2, 0.25) is 0 Å². The summed E-state index contributed by atoms with van der Waals surface area (Å²) in [7, 11) is 1.55. The first-order valence-corrected chi connectivity index (χ1v) is 7.54. The second kappa shape index (κ2) is 5.45. The number of rotatable bonds is 3. The van der Waals surface area contributed by atoms with Gasteiger partial charge in [-0.3, -0.25) is 14.1 Å². The molecule has 0 unspecified atom stereocenters. The van der Waals surface area contributed by atoms with Crippen molar-refractivity contribution in [2.75, 3.05) is 12.0 Å². The SMILES string of the molecule is COc1cccc2c1N(c1nc3ccccn3c1N=O)C(=O)CC2. The summed E-state index contributed by atoms with van der Waals surface area (Å²) >= 11 is 0. The molecule has 3 aromatic rings. The summed E-state index contributed by atoms with van der Waals surface area (Å²) in [6.45, 7) is 0. The van der Waals surface area contributed by atoms with Crippen LogP contribution in [0.5, 0.6) is 5.75 Å². The number of nitrogens with zero attached hydrogens (tertiary/aromatic N) is 4. The van der Waals surface area contributed by atoms with Crippen LogP contribution in [0.4, 0.5) is 17.3 Å². The Labute approximate surface area is 137 Å². The number of pyridine rings is 1. The lowest BCUT2D eigenvalue weighted by Crippen LogP contribution is -2.31. The monoisotopic (exact) mass is 322 g/mol. The zero-order valence-corrected chi connectivity index (χ0v) is 13.0. The Morgan fingerprint density at radius 3 is 2.83 bits per heavy atom. The van der Waals surface area contributed by atoms with Crippen LogP contribution in [-0.2, 0) is 11.2 Å². The van der Waals surface area contributed by atoms with E-state index in [1.54, 1.807) is 35.9 Å². The van der Waals surface area contributed by atoms with Crippen molar-refractivity contribution in [1.29, 1.82) is 0 Å².